The minimum absolute atomic E-state index is 0.0204. The van der Waals surface area contributed by atoms with Crippen LogP contribution in [0.5, 0.6) is 0 Å². The van der Waals surface area contributed by atoms with Crippen LogP contribution in [0, 0.1) is 5.92 Å². The lowest BCUT2D eigenvalue weighted by Gasteiger charge is -2.37. The zero-order valence-corrected chi connectivity index (χ0v) is 17.6. The molecule has 2 aromatic rings. The molecule has 0 radical (unpaired) electrons. The van der Waals surface area contributed by atoms with Crippen molar-refractivity contribution in [3.63, 3.8) is 0 Å². The first kappa shape index (κ1) is 21.5. The summed E-state index contributed by atoms with van der Waals surface area (Å²) in [4.78, 5) is 27.5. The van der Waals surface area contributed by atoms with Crippen molar-refractivity contribution in [1.82, 2.24) is 15.0 Å². The van der Waals surface area contributed by atoms with Crippen molar-refractivity contribution in [1.29, 1.82) is 0 Å². The van der Waals surface area contributed by atoms with Crippen molar-refractivity contribution in [3.05, 3.63) is 35.4 Å². The first-order chi connectivity index (χ1) is 14.5. The van der Waals surface area contributed by atoms with E-state index in [1.54, 1.807) is 4.90 Å². The number of rotatable bonds is 4. The van der Waals surface area contributed by atoms with Crippen LogP contribution >= 0.6 is 0 Å². The van der Waals surface area contributed by atoms with Gasteiger partial charge in [-0.3, -0.25) is 4.79 Å². The van der Waals surface area contributed by atoms with E-state index < -0.39 is 32.8 Å². The van der Waals surface area contributed by atoms with E-state index in [1.165, 1.54) is 19.2 Å². The molecule has 12 heteroatoms. The number of halogens is 2. The number of sulfonamides is 1. The SMILES string of the molecule is CC1CN(c2nc3c(nc2C(=O)Nc2ccnc(S(N)(=O)=O)c2)CCC3)CCC1(F)F. The maximum atomic E-state index is 14.0. The topological polar surface area (TPSA) is 131 Å². The van der Waals surface area contributed by atoms with Crippen molar-refractivity contribution in [2.45, 2.75) is 43.6 Å². The molecule has 1 aliphatic carbocycles. The summed E-state index contributed by atoms with van der Waals surface area (Å²) in [5.74, 6) is -4.02. The third kappa shape index (κ3) is 4.35. The maximum Gasteiger partial charge on any atom is 0.278 e. The third-order valence-corrected chi connectivity index (χ3v) is 6.40. The second kappa shape index (κ2) is 7.75. The molecular weight excluding hydrogens is 430 g/mol. The molecule has 0 aromatic carbocycles. The van der Waals surface area contributed by atoms with Crippen LogP contribution in [-0.2, 0) is 22.9 Å². The molecular formula is C19H22F2N6O3S. The molecule has 9 nitrogen and oxygen atoms in total. The molecule has 1 atom stereocenters. The molecule has 1 saturated heterocycles. The number of amides is 1. The number of anilines is 2. The van der Waals surface area contributed by atoms with E-state index in [0.29, 0.717) is 12.1 Å². The number of aryl methyl sites for hydroxylation is 2. The van der Waals surface area contributed by atoms with Gasteiger partial charge < -0.3 is 10.2 Å². The Balaban J connectivity index is 1.67. The summed E-state index contributed by atoms with van der Waals surface area (Å²) in [7, 11) is -4.05. The summed E-state index contributed by atoms with van der Waals surface area (Å²) in [6.07, 6.45) is 3.13. The van der Waals surface area contributed by atoms with Gasteiger partial charge >= 0.3 is 0 Å². The zero-order valence-electron chi connectivity index (χ0n) is 16.8. The molecule has 3 heterocycles. The van der Waals surface area contributed by atoms with Crippen LogP contribution in [0.15, 0.2) is 23.4 Å². The normalized spacial score (nSPS) is 20.4. The van der Waals surface area contributed by atoms with Crippen molar-refractivity contribution in [2.24, 2.45) is 11.1 Å². The minimum atomic E-state index is -4.05. The monoisotopic (exact) mass is 452 g/mol. The number of hydrogen-bond donors (Lipinski definition) is 2. The fourth-order valence-corrected chi connectivity index (χ4v) is 4.30. The zero-order chi connectivity index (χ0) is 22.4. The van der Waals surface area contributed by atoms with Crippen LogP contribution in [0.4, 0.5) is 20.3 Å². The number of nitrogens with one attached hydrogen (secondary N) is 1. The van der Waals surface area contributed by atoms with Crippen molar-refractivity contribution < 1.29 is 22.0 Å². The number of primary sulfonamides is 1. The number of carbonyl (C=O) groups is 1. The summed E-state index contributed by atoms with van der Waals surface area (Å²) in [6, 6.07) is 2.55. The number of nitrogens with two attached hydrogens (primary N) is 1. The Kier molecular flexibility index (Phi) is 5.38. The van der Waals surface area contributed by atoms with Crippen LogP contribution in [0.1, 0.15) is 41.6 Å². The smallest absolute Gasteiger partial charge is 0.278 e. The Hall–Kier alpha value is -2.73. The van der Waals surface area contributed by atoms with Crippen molar-refractivity contribution >= 4 is 27.4 Å². The van der Waals surface area contributed by atoms with Gasteiger partial charge in [0.2, 0.25) is 0 Å². The van der Waals surface area contributed by atoms with E-state index in [0.717, 1.165) is 24.6 Å². The van der Waals surface area contributed by atoms with Crippen molar-refractivity contribution in [2.75, 3.05) is 23.3 Å². The number of carbonyl (C=O) groups excluding carboxylic acids is 1. The number of hydrogen-bond acceptors (Lipinski definition) is 7. The van der Waals surface area contributed by atoms with E-state index in [1.807, 2.05) is 0 Å². The Morgan fingerprint density at radius 2 is 2.00 bits per heavy atom. The second-order valence-electron chi connectivity index (χ2n) is 7.88. The van der Waals surface area contributed by atoms with E-state index in [-0.39, 0.29) is 36.7 Å². The number of alkyl halides is 2. The van der Waals surface area contributed by atoms with E-state index in [9.17, 15) is 22.0 Å². The highest BCUT2D eigenvalue weighted by molar-refractivity contribution is 7.89. The lowest BCUT2D eigenvalue weighted by Crippen LogP contribution is -2.47. The molecule has 31 heavy (non-hydrogen) atoms. The van der Waals surface area contributed by atoms with Gasteiger partial charge in [-0.15, -0.1) is 0 Å². The van der Waals surface area contributed by atoms with Gasteiger partial charge in [0, 0.05) is 43.4 Å². The predicted molar refractivity (Wildman–Crippen MR) is 109 cm³/mol. The standard InChI is InChI=1S/C19H22F2N6O3S/c1-11-10-27(8-6-19(11,20)21)17-16(25-13-3-2-4-14(13)26-17)18(28)24-12-5-7-23-15(9-12)31(22,29)30/h5,7,9,11H,2-4,6,8,10H2,1H3,(H2,22,29,30)(H,23,24,28). The average molecular weight is 452 g/mol. The number of piperidine rings is 1. The molecule has 3 N–H and O–H groups in total. The van der Waals surface area contributed by atoms with E-state index in [2.05, 4.69) is 20.3 Å². The Bertz CT molecular complexity index is 1140. The third-order valence-electron chi connectivity index (χ3n) is 5.59. The van der Waals surface area contributed by atoms with E-state index >= 15 is 0 Å². The van der Waals surface area contributed by atoms with Gasteiger partial charge in [0.25, 0.3) is 21.9 Å². The van der Waals surface area contributed by atoms with Crippen LogP contribution in [0.25, 0.3) is 0 Å². The number of nitrogens with zero attached hydrogens (tertiary/aromatic N) is 4. The predicted octanol–water partition coefficient (Wildman–Crippen LogP) is 1.74. The minimum Gasteiger partial charge on any atom is -0.354 e. The molecule has 0 saturated carbocycles. The molecule has 1 amide bonds. The molecule has 2 aromatic heterocycles. The highest BCUT2D eigenvalue weighted by atomic mass is 32.2. The summed E-state index contributed by atoms with van der Waals surface area (Å²) in [5, 5.41) is 7.29. The molecule has 2 aliphatic rings. The number of aromatic nitrogens is 3. The van der Waals surface area contributed by atoms with Gasteiger partial charge in [-0.25, -0.2) is 37.3 Å². The first-order valence-corrected chi connectivity index (χ1v) is 11.4. The summed E-state index contributed by atoms with van der Waals surface area (Å²) < 4.78 is 51.0. The van der Waals surface area contributed by atoms with Gasteiger partial charge in [0.05, 0.1) is 11.4 Å². The van der Waals surface area contributed by atoms with Gasteiger partial charge in [0.1, 0.15) is 0 Å². The summed E-state index contributed by atoms with van der Waals surface area (Å²) in [6.45, 7) is 1.57. The highest BCUT2D eigenvalue weighted by Crippen LogP contribution is 2.36. The lowest BCUT2D eigenvalue weighted by molar-refractivity contribution is -0.0652. The maximum absolute atomic E-state index is 14.0. The summed E-state index contributed by atoms with van der Waals surface area (Å²) >= 11 is 0. The van der Waals surface area contributed by atoms with Gasteiger partial charge in [0.15, 0.2) is 16.5 Å². The molecule has 0 bridgehead atoms. The molecule has 0 spiro atoms. The van der Waals surface area contributed by atoms with Gasteiger partial charge in [-0.1, -0.05) is 6.92 Å². The van der Waals surface area contributed by atoms with Crippen LogP contribution < -0.4 is 15.4 Å². The summed E-state index contributed by atoms with van der Waals surface area (Å²) in [5.41, 5.74) is 1.67. The fraction of sp³-hybridized carbons (Fsp3) is 0.474. The first-order valence-electron chi connectivity index (χ1n) is 9.87. The molecule has 1 fully saturated rings. The number of fused-ring (bicyclic) bond motifs is 1. The molecule has 1 unspecified atom stereocenters. The fourth-order valence-electron chi connectivity index (χ4n) is 3.80. The van der Waals surface area contributed by atoms with Gasteiger partial charge in [-0.2, -0.15) is 0 Å². The van der Waals surface area contributed by atoms with Gasteiger partial charge in [-0.05, 0) is 25.3 Å². The largest absolute Gasteiger partial charge is 0.354 e. The lowest BCUT2D eigenvalue weighted by atomic mass is 9.95. The Labute approximate surface area is 178 Å². The van der Waals surface area contributed by atoms with E-state index in [4.69, 9.17) is 5.14 Å². The van der Waals surface area contributed by atoms with Crippen LogP contribution in [0.3, 0.4) is 0 Å². The molecule has 166 valence electrons. The van der Waals surface area contributed by atoms with Crippen molar-refractivity contribution in [3.8, 4) is 0 Å². The number of pyridine rings is 1. The second-order valence-corrected chi connectivity index (χ2v) is 9.39. The quantitative estimate of drug-likeness (QED) is 0.722. The molecule has 4 rings (SSSR count). The van der Waals surface area contributed by atoms with Crippen LogP contribution in [0.2, 0.25) is 0 Å². The highest BCUT2D eigenvalue weighted by Gasteiger charge is 2.42. The molecule has 1 aliphatic heterocycles. The van der Waals surface area contributed by atoms with Crippen LogP contribution in [-0.4, -0.2) is 48.3 Å². The average Bonchev–Trinajstić information content (AvgIpc) is 3.16. The Morgan fingerprint density at radius 1 is 1.29 bits per heavy atom. The Morgan fingerprint density at radius 3 is 2.68 bits per heavy atom.